The van der Waals surface area contributed by atoms with Gasteiger partial charge in [0.2, 0.25) is 0 Å². The second-order valence-electron chi connectivity index (χ2n) is 5.34. The van der Waals surface area contributed by atoms with Gasteiger partial charge in [-0.2, -0.15) is 0 Å². The molecule has 0 aliphatic carbocycles. The van der Waals surface area contributed by atoms with E-state index in [1.54, 1.807) is 12.1 Å². The number of phenols is 1. The van der Waals surface area contributed by atoms with Crippen LogP contribution in [0.5, 0.6) is 5.75 Å². The maximum atomic E-state index is 12.6. The maximum absolute atomic E-state index is 12.6. The molecular formula is C16H24N2O3. The molecule has 2 rings (SSSR count). The summed E-state index contributed by atoms with van der Waals surface area (Å²) in [6.45, 7) is 5.46. The van der Waals surface area contributed by atoms with E-state index in [1.165, 1.54) is 7.11 Å². The number of aromatic hydroxyl groups is 1. The summed E-state index contributed by atoms with van der Waals surface area (Å²) in [4.78, 5) is 14.8. The molecule has 0 spiro atoms. The van der Waals surface area contributed by atoms with Crippen LogP contribution in [0.25, 0.3) is 0 Å². The lowest BCUT2D eigenvalue weighted by Gasteiger charge is -2.41. The van der Waals surface area contributed by atoms with Crippen LogP contribution in [0, 0.1) is 0 Å². The van der Waals surface area contributed by atoms with Crippen LogP contribution in [0.2, 0.25) is 0 Å². The van der Waals surface area contributed by atoms with Crippen LogP contribution in [0.15, 0.2) is 24.3 Å². The first-order chi connectivity index (χ1) is 10.1. The summed E-state index contributed by atoms with van der Waals surface area (Å²) < 4.78 is 5.12. The average Bonchev–Trinajstić information content (AvgIpc) is 2.79. The Bertz CT molecular complexity index is 467. The number of esters is 1. The largest absolute Gasteiger partial charge is 0.508 e. The highest BCUT2D eigenvalue weighted by Crippen LogP contribution is 2.35. The van der Waals surface area contributed by atoms with Crippen molar-refractivity contribution in [2.75, 3.05) is 33.3 Å². The Labute approximate surface area is 125 Å². The average molecular weight is 292 g/mol. The molecule has 1 fully saturated rings. The Balaban J connectivity index is 2.46. The summed E-state index contributed by atoms with van der Waals surface area (Å²) >= 11 is 0. The number of nitrogens with one attached hydrogen (secondary N) is 1. The molecule has 1 unspecified atom stereocenters. The Morgan fingerprint density at radius 3 is 2.67 bits per heavy atom. The molecule has 1 atom stereocenters. The van der Waals surface area contributed by atoms with Gasteiger partial charge in [-0.05, 0) is 37.1 Å². The Morgan fingerprint density at radius 2 is 2.05 bits per heavy atom. The smallest absolute Gasteiger partial charge is 0.330 e. The predicted molar refractivity (Wildman–Crippen MR) is 81.2 cm³/mol. The van der Waals surface area contributed by atoms with Crippen molar-refractivity contribution in [1.29, 1.82) is 0 Å². The number of benzene rings is 1. The lowest BCUT2D eigenvalue weighted by Crippen LogP contribution is -2.53. The maximum Gasteiger partial charge on any atom is 0.330 e. The van der Waals surface area contributed by atoms with Gasteiger partial charge in [0.1, 0.15) is 11.3 Å². The summed E-state index contributed by atoms with van der Waals surface area (Å²) in [5.74, 6) is -0.0382. The van der Waals surface area contributed by atoms with Crippen LogP contribution in [-0.2, 0) is 15.1 Å². The van der Waals surface area contributed by atoms with Crippen molar-refractivity contribution in [3.8, 4) is 5.75 Å². The van der Waals surface area contributed by atoms with E-state index in [0.717, 1.165) is 38.2 Å². The molecule has 1 aliphatic heterocycles. The van der Waals surface area contributed by atoms with Gasteiger partial charge < -0.3 is 15.2 Å². The minimum absolute atomic E-state index is 0.200. The molecule has 0 bridgehead atoms. The van der Waals surface area contributed by atoms with E-state index < -0.39 is 5.54 Å². The number of phenolic OH excluding ortho intramolecular Hbond substituents is 1. The molecule has 1 aromatic rings. The van der Waals surface area contributed by atoms with Gasteiger partial charge >= 0.3 is 5.97 Å². The SMILES string of the molecule is CCC(C(=O)OC)(c1ccc(O)cc1)N1CCCNCC1. The quantitative estimate of drug-likeness (QED) is 0.823. The molecule has 5 nitrogen and oxygen atoms in total. The number of carbonyl (C=O) groups excluding carboxylic acids is 1. The minimum Gasteiger partial charge on any atom is -0.508 e. The fourth-order valence-electron chi connectivity index (χ4n) is 3.14. The minimum atomic E-state index is -0.783. The molecule has 1 aliphatic rings. The van der Waals surface area contributed by atoms with Gasteiger partial charge in [-0.1, -0.05) is 19.1 Å². The third kappa shape index (κ3) is 3.04. The summed E-state index contributed by atoms with van der Waals surface area (Å²) in [7, 11) is 1.43. The topological polar surface area (TPSA) is 61.8 Å². The third-order valence-electron chi connectivity index (χ3n) is 4.26. The van der Waals surface area contributed by atoms with Gasteiger partial charge in [0, 0.05) is 19.6 Å². The van der Waals surface area contributed by atoms with E-state index in [0.29, 0.717) is 6.42 Å². The van der Waals surface area contributed by atoms with Crippen molar-refractivity contribution in [3.05, 3.63) is 29.8 Å². The van der Waals surface area contributed by atoms with E-state index in [2.05, 4.69) is 10.2 Å². The van der Waals surface area contributed by atoms with Gasteiger partial charge in [0.25, 0.3) is 0 Å². The van der Waals surface area contributed by atoms with Crippen molar-refractivity contribution >= 4 is 5.97 Å². The summed E-state index contributed by atoms with van der Waals surface area (Å²) in [5, 5.41) is 12.9. The molecule has 0 amide bonds. The normalized spacial score (nSPS) is 19.5. The molecular weight excluding hydrogens is 268 g/mol. The van der Waals surface area contributed by atoms with E-state index in [1.807, 2.05) is 19.1 Å². The van der Waals surface area contributed by atoms with Gasteiger partial charge in [-0.3, -0.25) is 4.90 Å². The standard InChI is InChI=1S/C16H24N2O3/c1-3-16(15(20)21-2,13-5-7-14(19)8-6-13)18-11-4-9-17-10-12-18/h5-8,17,19H,3-4,9-12H2,1-2H3. The van der Waals surface area contributed by atoms with Gasteiger partial charge in [-0.15, -0.1) is 0 Å². The molecule has 1 heterocycles. The Hall–Kier alpha value is -1.59. The van der Waals surface area contributed by atoms with Gasteiger partial charge in [0.05, 0.1) is 7.11 Å². The van der Waals surface area contributed by atoms with Crippen LogP contribution in [-0.4, -0.2) is 49.3 Å². The molecule has 116 valence electrons. The Kier molecular flexibility index (Phi) is 5.20. The zero-order valence-corrected chi connectivity index (χ0v) is 12.8. The van der Waals surface area contributed by atoms with E-state index in [-0.39, 0.29) is 11.7 Å². The number of methoxy groups -OCH3 is 1. The molecule has 1 aromatic carbocycles. The summed E-state index contributed by atoms with van der Waals surface area (Å²) in [6, 6.07) is 6.87. The molecule has 0 aromatic heterocycles. The number of ether oxygens (including phenoxy) is 1. The lowest BCUT2D eigenvalue weighted by molar-refractivity contribution is -0.157. The number of carbonyl (C=O) groups is 1. The summed E-state index contributed by atoms with van der Waals surface area (Å²) in [6.07, 6.45) is 1.63. The first-order valence-corrected chi connectivity index (χ1v) is 7.49. The van der Waals surface area contributed by atoms with E-state index in [9.17, 15) is 9.90 Å². The highest BCUT2D eigenvalue weighted by atomic mass is 16.5. The fourth-order valence-corrected chi connectivity index (χ4v) is 3.14. The first kappa shape index (κ1) is 15.8. The molecule has 5 heteroatoms. The van der Waals surface area contributed by atoms with Crippen LogP contribution >= 0.6 is 0 Å². The second kappa shape index (κ2) is 6.91. The monoisotopic (exact) mass is 292 g/mol. The lowest BCUT2D eigenvalue weighted by atomic mass is 9.85. The van der Waals surface area contributed by atoms with Crippen LogP contribution < -0.4 is 5.32 Å². The van der Waals surface area contributed by atoms with Crippen LogP contribution in [0.1, 0.15) is 25.3 Å². The predicted octanol–water partition coefficient (Wildman–Crippen LogP) is 1.47. The zero-order chi connectivity index (χ0) is 15.3. The molecule has 0 radical (unpaired) electrons. The third-order valence-corrected chi connectivity index (χ3v) is 4.26. The summed E-state index contributed by atoms with van der Waals surface area (Å²) in [5.41, 5.74) is 0.0885. The molecule has 2 N–H and O–H groups in total. The van der Waals surface area contributed by atoms with Gasteiger partial charge in [0.15, 0.2) is 0 Å². The highest BCUT2D eigenvalue weighted by Gasteiger charge is 2.45. The number of hydrogen-bond donors (Lipinski definition) is 2. The van der Waals surface area contributed by atoms with E-state index >= 15 is 0 Å². The van der Waals surface area contributed by atoms with Crippen molar-refractivity contribution in [1.82, 2.24) is 10.2 Å². The molecule has 1 saturated heterocycles. The fraction of sp³-hybridized carbons (Fsp3) is 0.562. The van der Waals surface area contributed by atoms with Crippen LogP contribution in [0.4, 0.5) is 0 Å². The highest BCUT2D eigenvalue weighted by molar-refractivity contribution is 5.82. The van der Waals surface area contributed by atoms with Crippen molar-refractivity contribution < 1.29 is 14.6 Å². The number of nitrogens with zero attached hydrogens (tertiary/aromatic N) is 1. The van der Waals surface area contributed by atoms with Crippen LogP contribution in [0.3, 0.4) is 0 Å². The molecule has 0 saturated carbocycles. The second-order valence-corrected chi connectivity index (χ2v) is 5.34. The molecule has 21 heavy (non-hydrogen) atoms. The van der Waals surface area contributed by atoms with Crippen molar-refractivity contribution in [2.24, 2.45) is 0 Å². The van der Waals surface area contributed by atoms with Crippen molar-refractivity contribution in [3.63, 3.8) is 0 Å². The number of hydrogen-bond acceptors (Lipinski definition) is 5. The van der Waals surface area contributed by atoms with Gasteiger partial charge in [-0.25, -0.2) is 4.79 Å². The van der Waals surface area contributed by atoms with E-state index in [4.69, 9.17) is 4.74 Å². The number of rotatable bonds is 4. The zero-order valence-electron chi connectivity index (χ0n) is 12.8. The first-order valence-electron chi connectivity index (χ1n) is 7.49. The Morgan fingerprint density at radius 1 is 1.33 bits per heavy atom. The van der Waals surface area contributed by atoms with Crippen molar-refractivity contribution in [2.45, 2.75) is 25.3 Å².